The number of carbonyl (C=O) groups is 1. The Morgan fingerprint density at radius 3 is 2.42 bits per heavy atom. The Kier molecular flexibility index (Phi) is 6.80. The molecule has 2 aromatic carbocycles. The molecule has 0 aromatic heterocycles. The highest BCUT2D eigenvalue weighted by Gasteiger charge is 2.28. The average Bonchev–Trinajstić information content (AvgIpc) is 2.60. The first-order chi connectivity index (χ1) is 12.3. The first-order valence-electron chi connectivity index (χ1n) is 8.00. The number of hydrogen-bond donors (Lipinski definition) is 1. The van der Waals surface area contributed by atoms with Crippen molar-refractivity contribution < 1.29 is 23.1 Å². The number of ether oxygens (including phenoxy) is 1. The van der Waals surface area contributed by atoms with Crippen LogP contribution in [0.1, 0.15) is 24.2 Å². The predicted molar refractivity (Wildman–Crippen MR) is 103 cm³/mol. The number of esters is 1. The van der Waals surface area contributed by atoms with Gasteiger partial charge in [-0.15, -0.1) is 0 Å². The fourth-order valence-electron chi connectivity index (χ4n) is 2.35. The molecule has 0 aliphatic heterocycles. The molecule has 0 spiro atoms. The van der Waals surface area contributed by atoms with Gasteiger partial charge < -0.3 is 9.84 Å². The summed E-state index contributed by atoms with van der Waals surface area (Å²) in [6.45, 7) is 3.34. The van der Waals surface area contributed by atoms with E-state index in [9.17, 15) is 18.3 Å². The van der Waals surface area contributed by atoms with Gasteiger partial charge in [-0.25, -0.2) is 13.2 Å². The topological polar surface area (TPSA) is 83.9 Å². The van der Waals surface area contributed by atoms with E-state index in [2.05, 4.69) is 15.9 Å². The molecule has 1 unspecified atom stereocenters. The van der Waals surface area contributed by atoms with Crippen LogP contribution >= 0.6 is 15.9 Å². The maximum Gasteiger partial charge on any atom is 0.338 e. The van der Waals surface area contributed by atoms with Crippen LogP contribution in [0.2, 0.25) is 0 Å². The van der Waals surface area contributed by atoms with E-state index in [1.54, 1.807) is 37.3 Å². The minimum Gasteiger partial charge on any atom is -0.462 e. The van der Waals surface area contributed by atoms with Gasteiger partial charge in [-0.3, -0.25) is 4.31 Å². The summed E-state index contributed by atoms with van der Waals surface area (Å²) in [6, 6.07) is 12.7. The lowest BCUT2D eigenvalue weighted by atomic mass is 10.2. The van der Waals surface area contributed by atoms with Crippen LogP contribution in [0.15, 0.2) is 57.9 Å². The van der Waals surface area contributed by atoms with Crippen LogP contribution in [0.4, 0.5) is 5.69 Å². The maximum atomic E-state index is 13.2. The quantitative estimate of drug-likeness (QED) is 0.666. The first-order valence-corrected chi connectivity index (χ1v) is 10.2. The second kappa shape index (κ2) is 8.66. The number of aliphatic hydroxyl groups excluding tert-OH is 1. The van der Waals surface area contributed by atoms with E-state index in [0.29, 0.717) is 5.69 Å². The highest BCUT2D eigenvalue weighted by atomic mass is 79.9. The van der Waals surface area contributed by atoms with Crippen molar-refractivity contribution in [2.75, 3.05) is 17.5 Å². The lowest BCUT2D eigenvalue weighted by molar-refractivity contribution is 0.0526. The SMILES string of the molecule is CCOC(=O)c1ccc(S(=O)(=O)N(CC(C)O)c2ccccc2)c(Br)c1. The van der Waals surface area contributed by atoms with Crippen LogP contribution in [0.5, 0.6) is 0 Å². The van der Waals surface area contributed by atoms with Crippen molar-refractivity contribution in [3.05, 3.63) is 58.6 Å². The number of para-hydroxylation sites is 1. The molecule has 0 saturated heterocycles. The lowest BCUT2D eigenvalue weighted by Crippen LogP contribution is -2.36. The minimum atomic E-state index is -3.96. The third-order valence-corrected chi connectivity index (χ3v) is 6.26. The summed E-state index contributed by atoms with van der Waals surface area (Å²) in [5.41, 5.74) is 0.689. The zero-order valence-electron chi connectivity index (χ0n) is 14.4. The van der Waals surface area contributed by atoms with Gasteiger partial charge in [0.1, 0.15) is 4.90 Å². The van der Waals surface area contributed by atoms with Gasteiger partial charge >= 0.3 is 5.97 Å². The van der Waals surface area contributed by atoms with Crippen molar-refractivity contribution >= 4 is 37.6 Å². The summed E-state index contributed by atoms with van der Waals surface area (Å²) in [4.78, 5) is 11.8. The van der Waals surface area contributed by atoms with E-state index in [1.165, 1.54) is 25.1 Å². The lowest BCUT2D eigenvalue weighted by Gasteiger charge is -2.26. The van der Waals surface area contributed by atoms with Crippen LogP contribution < -0.4 is 4.31 Å². The Hall–Kier alpha value is -1.90. The van der Waals surface area contributed by atoms with E-state index in [4.69, 9.17) is 4.74 Å². The monoisotopic (exact) mass is 441 g/mol. The van der Waals surface area contributed by atoms with Crippen LogP contribution in [0.3, 0.4) is 0 Å². The summed E-state index contributed by atoms with van der Waals surface area (Å²) >= 11 is 3.23. The number of carbonyl (C=O) groups excluding carboxylic acids is 1. The molecule has 0 amide bonds. The predicted octanol–water partition coefficient (Wildman–Crippen LogP) is 3.20. The molecule has 0 heterocycles. The number of nitrogens with zero attached hydrogens (tertiary/aromatic N) is 1. The molecule has 0 saturated carbocycles. The van der Waals surface area contributed by atoms with Gasteiger partial charge in [0.25, 0.3) is 10.0 Å². The molecule has 2 rings (SSSR count). The third kappa shape index (κ3) is 4.63. The highest BCUT2D eigenvalue weighted by molar-refractivity contribution is 9.10. The van der Waals surface area contributed by atoms with Gasteiger partial charge in [0.15, 0.2) is 0 Å². The van der Waals surface area contributed by atoms with Gasteiger partial charge in [-0.2, -0.15) is 0 Å². The standard InChI is InChI=1S/C18H20BrNO5S/c1-3-25-18(22)14-9-10-17(16(19)11-14)26(23,24)20(12-13(2)21)15-7-5-4-6-8-15/h4-11,13,21H,3,12H2,1-2H3. The molecular formula is C18H20BrNO5S. The van der Waals surface area contributed by atoms with E-state index >= 15 is 0 Å². The minimum absolute atomic E-state index is 0.00458. The summed E-state index contributed by atoms with van der Waals surface area (Å²) in [6.07, 6.45) is -0.859. The molecule has 1 N–H and O–H groups in total. The van der Waals surface area contributed by atoms with Gasteiger partial charge in [0, 0.05) is 4.47 Å². The Morgan fingerprint density at radius 1 is 1.23 bits per heavy atom. The fourth-order valence-corrected chi connectivity index (χ4v) is 4.93. The maximum absolute atomic E-state index is 13.2. The molecule has 0 aliphatic rings. The number of benzene rings is 2. The van der Waals surface area contributed by atoms with E-state index in [0.717, 1.165) is 4.31 Å². The Morgan fingerprint density at radius 2 is 1.88 bits per heavy atom. The molecular weight excluding hydrogens is 422 g/mol. The number of sulfonamides is 1. The summed E-state index contributed by atoms with van der Waals surface area (Å²) in [5, 5.41) is 9.76. The zero-order chi connectivity index (χ0) is 19.3. The van der Waals surface area contributed by atoms with Gasteiger partial charge in [0.05, 0.1) is 30.5 Å². The molecule has 0 bridgehead atoms. The number of halogens is 1. The molecule has 0 fully saturated rings. The third-order valence-electron chi connectivity index (χ3n) is 3.49. The summed E-state index contributed by atoms with van der Waals surface area (Å²) in [7, 11) is -3.96. The van der Waals surface area contributed by atoms with Gasteiger partial charge in [0.2, 0.25) is 0 Å². The molecule has 26 heavy (non-hydrogen) atoms. The molecule has 6 nitrogen and oxygen atoms in total. The van der Waals surface area contributed by atoms with Crippen molar-refractivity contribution in [2.45, 2.75) is 24.8 Å². The van der Waals surface area contributed by atoms with Gasteiger partial charge in [-0.1, -0.05) is 18.2 Å². The smallest absolute Gasteiger partial charge is 0.338 e. The van der Waals surface area contributed by atoms with Crippen molar-refractivity contribution in [1.29, 1.82) is 0 Å². The molecule has 8 heteroatoms. The number of anilines is 1. The van der Waals surface area contributed by atoms with E-state index in [1.807, 2.05) is 0 Å². The average molecular weight is 442 g/mol. The van der Waals surface area contributed by atoms with Crippen molar-refractivity contribution in [2.24, 2.45) is 0 Å². The van der Waals surface area contributed by atoms with Crippen LogP contribution in [-0.4, -0.2) is 38.7 Å². The van der Waals surface area contributed by atoms with Crippen molar-refractivity contribution in [1.82, 2.24) is 0 Å². The van der Waals surface area contributed by atoms with Crippen molar-refractivity contribution in [3.8, 4) is 0 Å². The Balaban J connectivity index is 2.48. The Labute approximate surface area is 161 Å². The molecule has 0 radical (unpaired) electrons. The second-order valence-electron chi connectivity index (χ2n) is 5.59. The largest absolute Gasteiger partial charge is 0.462 e. The highest BCUT2D eigenvalue weighted by Crippen LogP contribution is 2.30. The second-order valence-corrected chi connectivity index (χ2v) is 8.27. The van der Waals surface area contributed by atoms with Gasteiger partial charge in [-0.05, 0) is 60.1 Å². The molecule has 0 aliphatic carbocycles. The van der Waals surface area contributed by atoms with Crippen LogP contribution in [0, 0.1) is 0 Å². The number of hydrogen-bond acceptors (Lipinski definition) is 5. The van der Waals surface area contributed by atoms with Crippen LogP contribution in [-0.2, 0) is 14.8 Å². The fraction of sp³-hybridized carbons (Fsp3) is 0.278. The van der Waals surface area contributed by atoms with E-state index < -0.39 is 22.1 Å². The summed E-state index contributed by atoms with van der Waals surface area (Å²) < 4.78 is 32.6. The molecule has 140 valence electrons. The first kappa shape index (κ1) is 20.4. The van der Waals surface area contributed by atoms with Crippen molar-refractivity contribution in [3.63, 3.8) is 0 Å². The van der Waals surface area contributed by atoms with E-state index in [-0.39, 0.29) is 28.1 Å². The number of rotatable bonds is 7. The molecule has 1 atom stereocenters. The zero-order valence-corrected chi connectivity index (χ0v) is 16.8. The Bertz CT molecular complexity index is 868. The van der Waals surface area contributed by atoms with Crippen LogP contribution in [0.25, 0.3) is 0 Å². The summed E-state index contributed by atoms with van der Waals surface area (Å²) in [5.74, 6) is -0.527. The normalized spacial score (nSPS) is 12.5. The number of aliphatic hydroxyl groups is 1. The molecule has 2 aromatic rings.